The van der Waals surface area contributed by atoms with E-state index in [9.17, 15) is 13.6 Å². The minimum Gasteiger partial charge on any atom is -0.483 e. The van der Waals surface area contributed by atoms with Gasteiger partial charge in [-0.05, 0) is 35.9 Å². The molecule has 0 unspecified atom stereocenters. The Balaban J connectivity index is 1.60. The normalized spacial score (nSPS) is 10.5. The summed E-state index contributed by atoms with van der Waals surface area (Å²) in [7, 11) is 0. The van der Waals surface area contributed by atoms with Crippen LogP contribution >= 0.6 is 0 Å². The monoisotopic (exact) mass is 369 g/mol. The minimum atomic E-state index is -2.89. The van der Waals surface area contributed by atoms with Crippen LogP contribution in [0, 0.1) is 0 Å². The van der Waals surface area contributed by atoms with Crippen molar-refractivity contribution in [2.45, 2.75) is 6.61 Å². The quantitative estimate of drug-likeness (QED) is 0.639. The van der Waals surface area contributed by atoms with Crippen molar-refractivity contribution in [2.75, 3.05) is 11.9 Å². The molecule has 0 heterocycles. The fraction of sp³-hybridized carbons (Fsp3) is 0.0952. The first-order chi connectivity index (χ1) is 13.1. The zero-order valence-corrected chi connectivity index (χ0v) is 14.3. The molecule has 0 aliphatic rings. The predicted molar refractivity (Wildman–Crippen MR) is 99.1 cm³/mol. The number of hydrogen-bond acceptors (Lipinski definition) is 3. The second-order valence-corrected chi connectivity index (χ2v) is 5.60. The van der Waals surface area contributed by atoms with Crippen molar-refractivity contribution in [1.29, 1.82) is 0 Å². The number of carbonyl (C=O) groups excluding carboxylic acids is 1. The Morgan fingerprint density at radius 1 is 0.889 bits per heavy atom. The van der Waals surface area contributed by atoms with E-state index in [1.165, 1.54) is 24.3 Å². The third-order valence-electron chi connectivity index (χ3n) is 3.69. The van der Waals surface area contributed by atoms with Gasteiger partial charge in [0, 0.05) is 11.3 Å². The summed E-state index contributed by atoms with van der Waals surface area (Å²) in [6.45, 7) is -3.07. The van der Waals surface area contributed by atoms with Gasteiger partial charge in [0.15, 0.2) is 6.61 Å². The van der Waals surface area contributed by atoms with Crippen LogP contribution in [0.15, 0.2) is 78.9 Å². The molecule has 0 aliphatic heterocycles. The standard InChI is InChI=1S/C21H17F2NO3/c22-21(23)27-17-12-10-16(11-13-17)24-20(25)14-26-19-9-5-4-8-18(19)15-6-2-1-3-7-15/h1-13,21H,14H2,(H,24,25). The van der Waals surface area contributed by atoms with Crippen LogP contribution < -0.4 is 14.8 Å². The first-order valence-electron chi connectivity index (χ1n) is 8.24. The zero-order valence-electron chi connectivity index (χ0n) is 14.3. The van der Waals surface area contributed by atoms with Gasteiger partial charge in [-0.1, -0.05) is 48.5 Å². The van der Waals surface area contributed by atoms with E-state index in [1.54, 1.807) is 6.07 Å². The van der Waals surface area contributed by atoms with Crippen LogP contribution in [0.25, 0.3) is 11.1 Å². The number of carbonyl (C=O) groups is 1. The SMILES string of the molecule is O=C(COc1ccccc1-c1ccccc1)Nc1ccc(OC(F)F)cc1. The molecule has 3 aromatic rings. The van der Waals surface area contributed by atoms with E-state index in [0.29, 0.717) is 11.4 Å². The third-order valence-corrected chi connectivity index (χ3v) is 3.69. The van der Waals surface area contributed by atoms with Crippen LogP contribution in [0.4, 0.5) is 14.5 Å². The minimum absolute atomic E-state index is 0.0241. The summed E-state index contributed by atoms with van der Waals surface area (Å²) in [5.41, 5.74) is 2.34. The number of nitrogens with one attached hydrogen (secondary N) is 1. The van der Waals surface area contributed by atoms with Gasteiger partial charge < -0.3 is 14.8 Å². The average Bonchev–Trinajstić information content (AvgIpc) is 2.68. The highest BCUT2D eigenvalue weighted by Crippen LogP contribution is 2.29. The van der Waals surface area contributed by atoms with Crippen LogP contribution in [0.1, 0.15) is 0 Å². The van der Waals surface area contributed by atoms with Gasteiger partial charge >= 0.3 is 6.61 Å². The lowest BCUT2D eigenvalue weighted by molar-refractivity contribution is -0.118. The molecule has 4 nitrogen and oxygen atoms in total. The number of halogens is 2. The number of anilines is 1. The Kier molecular flexibility index (Phi) is 5.99. The molecular formula is C21H17F2NO3. The molecule has 1 amide bonds. The highest BCUT2D eigenvalue weighted by atomic mass is 19.3. The average molecular weight is 369 g/mol. The van der Waals surface area contributed by atoms with Crippen LogP contribution in [0.3, 0.4) is 0 Å². The van der Waals surface area contributed by atoms with Gasteiger partial charge in [-0.2, -0.15) is 8.78 Å². The molecule has 6 heteroatoms. The molecule has 3 rings (SSSR count). The van der Waals surface area contributed by atoms with E-state index in [0.717, 1.165) is 11.1 Å². The van der Waals surface area contributed by atoms with Gasteiger partial charge in [0.05, 0.1) is 0 Å². The predicted octanol–water partition coefficient (Wildman–Crippen LogP) is 4.97. The van der Waals surface area contributed by atoms with Gasteiger partial charge in [0.2, 0.25) is 0 Å². The maximum atomic E-state index is 12.1. The second-order valence-electron chi connectivity index (χ2n) is 5.60. The first-order valence-corrected chi connectivity index (χ1v) is 8.24. The molecule has 0 saturated heterocycles. The highest BCUT2D eigenvalue weighted by molar-refractivity contribution is 5.92. The molecule has 0 fully saturated rings. The van der Waals surface area contributed by atoms with E-state index < -0.39 is 6.61 Å². The maximum Gasteiger partial charge on any atom is 0.387 e. The van der Waals surface area contributed by atoms with E-state index >= 15 is 0 Å². The molecule has 0 atom stereocenters. The van der Waals surface area contributed by atoms with Crippen molar-refractivity contribution in [2.24, 2.45) is 0 Å². The molecule has 0 bridgehead atoms. The lowest BCUT2D eigenvalue weighted by atomic mass is 10.1. The third kappa shape index (κ3) is 5.28. The molecule has 0 spiro atoms. The zero-order chi connectivity index (χ0) is 19.1. The Hall–Kier alpha value is -3.41. The Bertz CT molecular complexity index is 883. The van der Waals surface area contributed by atoms with Crippen molar-refractivity contribution in [3.05, 3.63) is 78.9 Å². The summed E-state index contributed by atoms with van der Waals surface area (Å²) in [5, 5.41) is 2.64. The van der Waals surface area contributed by atoms with E-state index in [2.05, 4.69) is 10.1 Å². The number of rotatable bonds is 7. The molecular weight excluding hydrogens is 352 g/mol. The Morgan fingerprint density at radius 2 is 1.56 bits per heavy atom. The summed E-state index contributed by atoms with van der Waals surface area (Å²) >= 11 is 0. The van der Waals surface area contributed by atoms with Crippen molar-refractivity contribution >= 4 is 11.6 Å². The van der Waals surface area contributed by atoms with Gasteiger partial charge in [-0.3, -0.25) is 4.79 Å². The Labute approximate surface area is 155 Å². The van der Waals surface area contributed by atoms with Crippen molar-refractivity contribution in [1.82, 2.24) is 0 Å². The summed E-state index contributed by atoms with van der Waals surface area (Å²) in [6, 6.07) is 22.8. The summed E-state index contributed by atoms with van der Waals surface area (Å²) in [6.07, 6.45) is 0. The number of hydrogen-bond donors (Lipinski definition) is 1. The van der Waals surface area contributed by atoms with Crippen molar-refractivity contribution in [3.63, 3.8) is 0 Å². The number of para-hydroxylation sites is 1. The molecule has 0 aliphatic carbocycles. The Morgan fingerprint density at radius 3 is 2.26 bits per heavy atom. The summed E-state index contributed by atoms with van der Waals surface area (Å²) in [4.78, 5) is 12.1. The highest BCUT2D eigenvalue weighted by Gasteiger charge is 2.09. The molecule has 0 aromatic heterocycles. The van der Waals surface area contributed by atoms with E-state index in [1.807, 2.05) is 48.5 Å². The van der Waals surface area contributed by atoms with Crippen LogP contribution in [-0.2, 0) is 4.79 Å². The van der Waals surface area contributed by atoms with Gasteiger partial charge in [0.1, 0.15) is 11.5 Å². The lowest BCUT2D eigenvalue weighted by Crippen LogP contribution is -2.20. The fourth-order valence-corrected chi connectivity index (χ4v) is 2.51. The second kappa shape index (κ2) is 8.80. The van der Waals surface area contributed by atoms with Crippen molar-refractivity contribution < 1.29 is 23.0 Å². The number of alkyl halides is 2. The maximum absolute atomic E-state index is 12.1. The molecule has 3 aromatic carbocycles. The number of benzene rings is 3. The number of amides is 1. The van der Waals surface area contributed by atoms with Crippen LogP contribution in [0.5, 0.6) is 11.5 Å². The summed E-state index contributed by atoms with van der Waals surface area (Å²) < 4.78 is 34.2. The van der Waals surface area contributed by atoms with Gasteiger partial charge in [-0.25, -0.2) is 0 Å². The van der Waals surface area contributed by atoms with Gasteiger partial charge in [-0.15, -0.1) is 0 Å². The van der Waals surface area contributed by atoms with Crippen molar-refractivity contribution in [3.8, 4) is 22.6 Å². The summed E-state index contributed by atoms with van der Waals surface area (Å²) in [5.74, 6) is 0.260. The fourth-order valence-electron chi connectivity index (χ4n) is 2.51. The molecule has 1 N–H and O–H groups in total. The van der Waals surface area contributed by atoms with Gasteiger partial charge in [0.25, 0.3) is 5.91 Å². The lowest BCUT2D eigenvalue weighted by Gasteiger charge is -2.12. The first kappa shape index (κ1) is 18.4. The van der Waals surface area contributed by atoms with Crippen LogP contribution in [0.2, 0.25) is 0 Å². The molecule has 0 saturated carbocycles. The van der Waals surface area contributed by atoms with Crippen LogP contribution in [-0.4, -0.2) is 19.1 Å². The molecule has 27 heavy (non-hydrogen) atoms. The molecule has 138 valence electrons. The number of ether oxygens (including phenoxy) is 2. The smallest absolute Gasteiger partial charge is 0.387 e. The molecule has 0 radical (unpaired) electrons. The topological polar surface area (TPSA) is 47.6 Å². The van der Waals surface area contributed by atoms with E-state index in [4.69, 9.17) is 4.74 Å². The van der Waals surface area contributed by atoms with E-state index in [-0.39, 0.29) is 18.3 Å². The largest absolute Gasteiger partial charge is 0.483 e.